The van der Waals surface area contributed by atoms with Crippen LogP contribution in [0.1, 0.15) is 31.9 Å². The lowest BCUT2D eigenvalue weighted by Crippen LogP contribution is -2.26. The zero-order valence-electron chi connectivity index (χ0n) is 41.5. The molecule has 16 heteroatoms. The SMILES string of the molecule is CC(=O)OC(=O)C(F)(F)F.CCOP(=O)(c1ccccc1)c1ccccc1.CCOP(=O)(c1ccccc1)c1ccccc1.Cc1ccc(O)cc1.Cc1ccc(OP(=O)(c2ccccc2)c2ccccc2)cc1. The second-order valence-corrected chi connectivity index (χ2v) is 22.7. The van der Waals surface area contributed by atoms with Gasteiger partial charge in [-0.1, -0.05) is 145 Å². The largest absolute Gasteiger partial charge is 0.508 e. The summed E-state index contributed by atoms with van der Waals surface area (Å²) in [7, 11) is -9.01. The van der Waals surface area contributed by atoms with Gasteiger partial charge in [0.05, 0.1) is 23.8 Å². The molecule has 1 N–H and O–H groups in total. The van der Waals surface area contributed by atoms with Crippen molar-refractivity contribution >= 4 is 65.9 Å². The minimum absolute atomic E-state index is 0.329. The zero-order chi connectivity index (χ0) is 54.0. The summed E-state index contributed by atoms with van der Waals surface area (Å²) in [6.45, 7) is 9.29. The van der Waals surface area contributed by atoms with Crippen LogP contribution < -0.4 is 36.4 Å². The summed E-state index contributed by atoms with van der Waals surface area (Å²) >= 11 is 0. The third-order valence-corrected chi connectivity index (χ3v) is 17.5. The van der Waals surface area contributed by atoms with E-state index in [-0.39, 0.29) is 0 Å². The average Bonchev–Trinajstić information content (AvgIpc) is 3.42. The van der Waals surface area contributed by atoms with Gasteiger partial charge in [-0.2, -0.15) is 13.2 Å². The van der Waals surface area contributed by atoms with E-state index in [1.807, 2.05) is 246 Å². The lowest BCUT2D eigenvalue weighted by Gasteiger charge is -2.20. The summed E-state index contributed by atoms with van der Waals surface area (Å²) < 4.78 is 93.5. The molecule has 0 radical (unpaired) electrons. The Kier molecular flexibility index (Phi) is 23.8. The smallest absolute Gasteiger partial charge is 0.491 e. The van der Waals surface area contributed by atoms with Crippen LogP contribution in [0, 0.1) is 13.8 Å². The van der Waals surface area contributed by atoms with Gasteiger partial charge in [0.1, 0.15) is 11.5 Å². The van der Waals surface area contributed by atoms with Crippen molar-refractivity contribution in [3.63, 3.8) is 0 Å². The highest BCUT2D eigenvalue weighted by atomic mass is 31.2. The van der Waals surface area contributed by atoms with E-state index in [9.17, 15) is 36.5 Å². The molecule has 8 aromatic carbocycles. The van der Waals surface area contributed by atoms with Crippen molar-refractivity contribution < 1.29 is 59.9 Å². The van der Waals surface area contributed by atoms with Crippen LogP contribution in [-0.2, 0) is 37.1 Å². The number of esters is 2. The molecule has 0 aliphatic heterocycles. The van der Waals surface area contributed by atoms with Crippen molar-refractivity contribution in [1.29, 1.82) is 0 Å². The molecule has 0 fully saturated rings. The first-order valence-electron chi connectivity index (χ1n) is 23.1. The second-order valence-electron chi connectivity index (χ2n) is 15.6. The average molecular weight is 1070 g/mol. The van der Waals surface area contributed by atoms with Gasteiger partial charge in [0.2, 0.25) is 0 Å². The van der Waals surface area contributed by atoms with E-state index in [1.165, 1.54) is 5.56 Å². The number of aromatic hydroxyl groups is 1. The maximum absolute atomic E-state index is 13.6. The molecule has 0 unspecified atom stereocenters. The van der Waals surface area contributed by atoms with Gasteiger partial charge in [-0.25, -0.2) is 4.79 Å². The number of benzene rings is 8. The highest BCUT2D eigenvalue weighted by molar-refractivity contribution is 7.75. The number of hydrogen-bond acceptors (Lipinski definition) is 10. The number of hydrogen-bond donors (Lipinski definition) is 1. The third-order valence-electron chi connectivity index (χ3n) is 9.96. The molecule has 8 aromatic rings. The Hall–Kier alpha value is -7.10. The number of aryl methyl sites for hydroxylation is 2. The minimum atomic E-state index is -5.09. The molecule has 0 bridgehead atoms. The number of ether oxygens (including phenoxy) is 1. The molecule has 0 amide bonds. The Bertz CT molecular complexity index is 2790. The van der Waals surface area contributed by atoms with Crippen LogP contribution in [0.4, 0.5) is 13.2 Å². The highest BCUT2D eigenvalue weighted by Crippen LogP contribution is 2.46. The van der Waals surface area contributed by atoms with E-state index in [1.54, 1.807) is 12.1 Å². The predicted molar refractivity (Wildman–Crippen MR) is 290 cm³/mol. The van der Waals surface area contributed by atoms with Crippen LogP contribution in [0.5, 0.6) is 11.5 Å². The quantitative estimate of drug-likeness (QED) is 0.0714. The number of phenolic OH excluding ortho intramolecular Hbond substituents is 1. The van der Waals surface area contributed by atoms with Crippen molar-refractivity contribution in [3.8, 4) is 11.5 Å². The van der Waals surface area contributed by atoms with E-state index < -0.39 is 40.2 Å². The van der Waals surface area contributed by atoms with Gasteiger partial charge >= 0.3 is 25.5 Å². The number of halogens is 3. The summed E-state index contributed by atoms with van der Waals surface area (Å²) in [6.07, 6.45) is -5.09. The van der Waals surface area contributed by atoms with Gasteiger partial charge in [-0.05, 0) is 125 Å². The molecule has 0 aromatic heterocycles. The normalized spacial score (nSPS) is 11.0. The van der Waals surface area contributed by atoms with Crippen LogP contribution in [0.25, 0.3) is 0 Å². The van der Waals surface area contributed by atoms with Gasteiger partial charge in [0.25, 0.3) is 14.7 Å². The maximum atomic E-state index is 13.6. The lowest BCUT2D eigenvalue weighted by molar-refractivity contribution is -0.201. The van der Waals surface area contributed by atoms with E-state index in [2.05, 4.69) is 4.74 Å². The van der Waals surface area contributed by atoms with Crippen molar-refractivity contribution in [2.75, 3.05) is 13.2 Å². The molecule has 8 rings (SSSR count). The standard InChI is InChI=1S/C19H17O2P.2C14H15O2P.C7H8O.C4H3F3O3/c1-16-12-14-17(15-13-16)21-22(20,18-8-4-2-5-9-18)19-10-6-3-7-11-19;2*1-2-16-17(15,13-9-5-3-6-10-13)14-11-7-4-8-12-14;1-6-2-4-7(8)5-3-6;1-2(8)10-3(9)4(5,6)7/h2-15H,1H3;2*3-12H,2H2,1H3;2-5,8H,1H3;1H3. The van der Waals surface area contributed by atoms with E-state index in [0.717, 1.165) is 26.8 Å². The van der Waals surface area contributed by atoms with Crippen LogP contribution >= 0.6 is 22.1 Å². The highest BCUT2D eigenvalue weighted by Gasteiger charge is 2.42. The summed E-state index contributed by atoms with van der Waals surface area (Å²) in [4.78, 5) is 19.5. The van der Waals surface area contributed by atoms with Crippen LogP contribution in [-0.4, -0.2) is 36.4 Å². The van der Waals surface area contributed by atoms with Gasteiger partial charge in [-0.15, -0.1) is 0 Å². The monoisotopic (exact) mass is 1060 g/mol. The molecule has 0 heterocycles. The van der Waals surface area contributed by atoms with E-state index in [0.29, 0.717) is 42.2 Å². The molecule has 0 aliphatic rings. The van der Waals surface area contributed by atoms with Gasteiger partial charge < -0.3 is 23.4 Å². The zero-order valence-corrected chi connectivity index (χ0v) is 44.1. The predicted octanol–water partition coefficient (Wildman–Crippen LogP) is 12.5. The molecule has 0 saturated carbocycles. The molecule has 0 saturated heterocycles. The van der Waals surface area contributed by atoms with Gasteiger partial charge in [-0.3, -0.25) is 18.5 Å². The summed E-state index contributed by atoms with van der Waals surface area (Å²) in [5.41, 5.74) is 2.31. The van der Waals surface area contributed by atoms with Crippen LogP contribution in [0.3, 0.4) is 0 Å². The first-order valence-corrected chi connectivity index (χ1v) is 28.0. The van der Waals surface area contributed by atoms with Crippen molar-refractivity contribution in [3.05, 3.63) is 242 Å². The van der Waals surface area contributed by atoms with Crippen molar-refractivity contribution in [2.24, 2.45) is 0 Å². The van der Waals surface area contributed by atoms with Gasteiger partial charge in [0.15, 0.2) is 0 Å². The lowest BCUT2D eigenvalue weighted by atomic mass is 10.2. The third kappa shape index (κ3) is 18.4. The fourth-order valence-corrected chi connectivity index (χ4v) is 12.7. The minimum Gasteiger partial charge on any atom is -0.508 e. The molecule has 386 valence electrons. The first kappa shape index (κ1) is 59.5. The van der Waals surface area contributed by atoms with Crippen molar-refractivity contribution in [2.45, 2.75) is 40.8 Å². The second kappa shape index (κ2) is 29.6. The first-order chi connectivity index (χ1) is 35.3. The number of rotatable bonds is 12. The molecule has 10 nitrogen and oxygen atoms in total. The number of carbonyl (C=O) groups excluding carboxylic acids is 2. The van der Waals surface area contributed by atoms with Crippen LogP contribution in [0.2, 0.25) is 0 Å². The Labute approximate surface area is 431 Å². The fraction of sp³-hybridized carbons (Fsp3) is 0.138. The Morgan fingerprint density at radius 1 is 0.432 bits per heavy atom. The Balaban J connectivity index is 0.000000209. The molecule has 74 heavy (non-hydrogen) atoms. The number of alkyl halides is 3. The maximum Gasteiger partial charge on any atom is 0.491 e. The summed E-state index contributed by atoms with van der Waals surface area (Å²) in [6, 6.07) is 70.9. The Morgan fingerprint density at radius 2 is 0.689 bits per heavy atom. The molecular formula is C58H58F3O10P3. The molecule has 0 spiro atoms. The number of carbonyl (C=O) groups is 2. The van der Waals surface area contributed by atoms with Gasteiger partial charge in [0, 0.05) is 28.1 Å². The fourth-order valence-electron chi connectivity index (χ4n) is 6.44. The van der Waals surface area contributed by atoms with E-state index >= 15 is 0 Å². The molecule has 0 atom stereocenters. The molecule has 0 aliphatic carbocycles. The molecular weight excluding hydrogens is 1010 g/mol. The summed E-state index contributed by atoms with van der Waals surface area (Å²) in [5.74, 6) is -2.82. The van der Waals surface area contributed by atoms with E-state index in [4.69, 9.17) is 18.7 Å². The summed E-state index contributed by atoms with van der Waals surface area (Å²) in [5, 5.41) is 13.1. The number of phenols is 1. The van der Waals surface area contributed by atoms with Crippen molar-refractivity contribution in [1.82, 2.24) is 0 Å². The topological polar surface area (TPSA) is 143 Å². The Morgan fingerprint density at radius 3 is 0.905 bits per heavy atom. The van der Waals surface area contributed by atoms with Crippen LogP contribution in [0.15, 0.2) is 231 Å².